The molecule has 28 heavy (non-hydrogen) atoms. The third-order valence-corrected chi connectivity index (χ3v) is 4.25. The Labute approximate surface area is 164 Å². The quantitative estimate of drug-likeness (QED) is 0.372. The molecule has 0 spiro atoms. The van der Waals surface area contributed by atoms with Crippen LogP contribution in [-0.2, 0) is 20.5 Å². The lowest BCUT2D eigenvalue weighted by molar-refractivity contribution is -0.384. The fourth-order valence-electron chi connectivity index (χ4n) is 2.57. The van der Waals surface area contributed by atoms with E-state index in [9.17, 15) is 32.9 Å². The molecule has 0 atom stereocenters. The minimum Gasteiger partial charge on any atom is -0.466 e. The first-order chi connectivity index (χ1) is 13.0. The number of aliphatic hydroxyl groups excluding tert-OH is 1. The zero-order valence-electron chi connectivity index (χ0n) is 14.2. The maximum Gasteiger partial charge on any atom is 0.418 e. The highest BCUT2D eigenvalue weighted by molar-refractivity contribution is 9.10. The second kappa shape index (κ2) is 8.14. The van der Waals surface area contributed by atoms with Gasteiger partial charge in [0.2, 0.25) is 0 Å². The number of hydrogen-bond acceptors (Lipinski definition) is 7. The van der Waals surface area contributed by atoms with E-state index < -0.39 is 52.2 Å². The normalized spacial score (nSPS) is 14.5. The van der Waals surface area contributed by atoms with E-state index in [1.807, 2.05) is 0 Å². The van der Waals surface area contributed by atoms with Crippen molar-refractivity contribution in [3.05, 3.63) is 43.6 Å². The van der Waals surface area contributed by atoms with E-state index in [0.29, 0.717) is 6.07 Å². The number of benzene rings is 1. The standard InChI is InChI=1S/C15H13BrF3N3O6/c1-28-14(25)8-6-21(2-3-23)13(24)11(8)20-12-9(15(17,18)19)4-7(16)5-10(12)22(26)27/h4-5,20,23H,2-3,6H2,1H3. The Morgan fingerprint density at radius 3 is 2.61 bits per heavy atom. The zero-order valence-corrected chi connectivity index (χ0v) is 15.8. The predicted molar refractivity (Wildman–Crippen MR) is 92.1 cm³/mol. The number of nitrogens with zero attached hydrogens (tertiary/aromatic N) is 2. The number of nitro groups is 1. The smallest absolute Gasteiger partial charge is 0.418 e. The Morgan fingerprint density at radius 2 is 2.11 bits per heavy atom. The van der Waals surface area contributed by atoms with Gasteiger partial charge in [0.05, 0.1) is 36.3 Å². The van der Waals surface area contributed by atoms with Gasteiger partial charge in [-0.05, 0) is 6.07 Å². The van der Waals surface area contributed by atoms with Crippen molar-refractivity contribution in [3.63, 3.8) is 0 Å². The number of ether oxygens (including phenoxy) is 1. The molecule has 0 aliphatic carbocycles. The van der Waals surface area contributed by atoms with Gasteiger partial charge in [0.15, 0.2) is 0 Å². The van der Waals surface area contributed by atoms with E-state index in [1.54, 1.807) is 0 Å². The van der Waals surface area contributed by atoms with Gasteiger partial charge in [-0.15, -0.1) is 0 Å². The second-order valence-electron chi connectivity index (χ2n) is 5.52. The first-order valence-corrected chi connectivity index (χ1v) is 8.34. The average molecular weight is 468 g/mol. The second-order valence-corrected chi connectivity index (χ2v) is 6.44. The SMILES string of the molecule is COC(=O)C1=C(Nc2c([N+](=O)[O-])cc(Br)cc2C(F)(F)F)C(=O)N(CCO)C1. The van der Waals surface area contributed by atoms with E-state index >= 15 is 0 Å². The number of nitro benzene ring substituents is 1. The van der Waals surface area contributed by atoms with Gasteiger partial charge in [0.1, 0.15) is 11.4 Å². The molecule has 1 aromatic carbocycles. The summed E-state index contributed by atoms with van der Waals surface area (Å²) < 4.78 is 44.7. The van der Waals surface area contributed by atoms with Crippen LogP contribution >= 0.6 is 15.9 Å². The van der Waals surface area contributed by atoms with E-state index in [2.05, 4.69) is 26.0 Å². The lowest BCUT2D eigenvalue weighted by Crippen LogP contribution is -2.31. The number of aliphatic hydroxyl groups is 1. The summed E-state index contributed by atoms with van der Waals surface area (Å²) in [6.07, 6.45) is -4.99. The van der Waals surface area contributed by atoms with Crippen molar-refractivity contribution in [2.45, 2.75) is 6.18 Å². The maximum absolute atomic E-state index is 13.4. The molecule has 1 heterocycles. The highest BCUT2D eigenvalue weighted by Crippen LogP contribution is 2.43. The molecular formula is C15H13BrF3N3O6. The van der Waals surface area contributed by atoms with Gasteiger partial charge in [-0.3, -0.25) is 14.9 Å². The summed E-state index contributed by atoms with van der Waals surface area (Å²) >= 11 is 2.79. The van der Waals surface area contributed by atoms with Crippen LogP contribution in [0, 0.1) is 10.1 Å². The van der Waals surface area contributed by atoms with Crippen molar-refractivity contribution in [1.29, 1.82) is 0 Å². The molecule has 0 fully saturated rings. The third kappa shape index (κ3) is 4.25. The molecule has 9 nitrogen and oxygen atoms in total. The van der Waals surface area contributed by atoms with Gasteiger partial charge in [-0.25, -0.2) is 4.79 Å². The fourth-order valence-corrected chi connectivity index (χ4v) is 3.01. The summed E-state index contributed by atoms with van der Waals surface area (Å²) in [5, 5.41) is 22.4. The van der Waals surface area contributed by atoms with Gasteiger partial charge in [-0.1, -0.05) is 15.9 Å². The van der Waals surface area contributed by atoms with Crippen LogP contribution in [0.3, 0.4) is 0 Å². The molecule has 1 aromatic rings. The molecule has 2 rings (SSSR count). The Hall–Kier alpha value is -2.67. The zero-order chi connectivity index (χ0) is 21.2. The largest absolute Gasteiger partial charge is 0.466 e. The van der Waals surface area contributed by atoms with Crippen LogP contribution in [0.2, 0.25) is 0 Å². The highest BCUT2D eigenvalue weighted by atomic mass is 79.9. The minimum atomic E-state index is -4.99. The number of alkyl halides is 3. The molecular weight excluding hydrogens is 455 g/mol. The number of nitrogens with one attached hydrogen (secondary N) is 1. The Morgan fingerprint density at radius 1 is 1.46 bits per heavy atom. The number of amides is 1. The molecule has 0 unspecified atom stereocenters. The summed E-state index contributed by atoms with van der Waals surface area (Å²) in [6, 6.07) is 1.44. The molecule has 152 valence electrons. The lowest BCUT2D eigenvalue weighted by Gasteiger charge is -2.17. The van der Waals surface area contributed by atoms with E-state index in [1.165, 1.54) is 0 Å². The van der Waals surface area contributed by atoms with Crippen LogP contribution in [0.5, 0.6) is 0 Å². The van der Waals surface area contributed by atoms with Gasteiger partial charge in [-0.2, -0.15) is 13.2 Å². The molecule has 1 amide bonds. The molecule has 0 bridgehead atoms. The van der Waals surface area contributed by atoms with Crippen molar-refractivity contribution in [2.24, 2.45) is 0 Å². The maximum atomic E-state index is 13.4. The number of anilines is 1. The summed E-state index contributed by atoms with van der Waals surface area (Å²) in [4.78, 5) is 35.6. The van der Waals surface area contributed by atoms with Crippen LogP contribution in [0.15, 0.2) is 27.9 Å². The fraction of sp³-hybridized carbons (Fsp3) is 0.333. The molecule has 0 saturated carbocycles. The summed E-state index contributed by atoms with van der Waals surface area (Å²) in [6.45, 7) is -0.987. The molecule has 0 aromatic heterocycles. The number of hydrogen-bond donors (Lipinski definition) is 2. The van der Waals surface area contributed by atoms with E-state index in [4.69, 9.17) is 5.11 Å². The van der Waals surface area contributed by atoms with Crippen LogP contribution in [0.25, 0.3) is 0 Å². The van der Waals surface area contributed by atoms with Crippen LogP contribution < -0.4 is 5.32 Å². The Bertz CT molecular complexity index is 871. The van der Waals surface area contributed by atoms with E-state index in [-0.39, 0.29) is 23.1 Å². The monoisotopic (exact) mass is 467 g/mol. The predicted octanol–water partition coefficient (Wildman–Crippen LogP) is 2.05. The van der Waals surface area contributed by atoms with Gasteiger partial charge < -0.3 is 20.1 Å². The molecule has 1 aliphatic heterocycles. The van der Waals surface area contributed by atoms with Crippen molar-refractivity contribution in [3.8, 4) is 0 Å². The molecule has 13 heteroatoms. The van der Waals surface area contributed by atoms with Gasteiger partial charge in [0, 0.05) is 17.1 Å². The average Bonchev–Trinajstić information content (AvgIpc) is 2.91. The molecule has 1 aliphatic rings. The molecule has 0 radical (unpaired) electrons. The van der Waals surface area contributed by atoms with Crippen LogP contribution in [0.1, 0.15) is 5.56 Å². The lowest BCUT2D eigenvalue weighted by atomic mass is 10.1. The van der Waals surface area contributed by atoms with Crippen molar-refractivity contribution < 1.29 is 37.5 Å². The van der Waals surface area contributed by atoms with Crippen LogP contribution in [0.4, 0.5) is 24.5 Å². The first-order valence-electron chi connectivity index (χ1n) is 7.55. The highest BCUT2D eigenvalue weighted by Gasteiger charge is 2.41. The van der Waals surface area contributed by atoms with Crippen molar-refractivity contribution >= 4 is 39.2 Å². The number of esters is 1. The number of carbonyl (C=O) groups excluding carboxylic acids is 2. The third-order valence-electron chi connectivity index (χ3n) is 3.79. The van der Waals surface area contributed by atoms with Crippen molar-refractivity contribution in [2.75, 3.05) is 32.1 Å². The number of methoxy groups -OCH3 is 1. The Kier molecular flexibility index (Phi) is 6.29. The topological polar surface area (TPSA) is 122 Å². The number of β-amino-alcohol motifs (C(OH)–C–C–N with tert-alkyl or cyclic N) is 1. The molecule has 0 saturated heterocycles. The van der Waals surface area contributed by atoms with Crippen molar-refractivity contribution in [1.82, 2.24) is 4.90 Å². The minimum absolute atomic E-state index is 0.195. The summed E-state index contributed by atoms with van der Waals surface area (Å²) in [5.41, 5.74) is -4.25. The van der Waals surface area contributed by atoms with Crippen LogP contribution in [-0.4, -0.2) is 53.6 Å². The number of rotatable bonds is 6. The number of halogens is 4. The summed E-state index contributed by atoms with van der Waals surface area (Å²) in [5.74, 6) is -1.90. The number of carbonyl (C=O) groups is 2. The first kappa shape index (κ1) is 21.6. The van der Waals surface area contributed by atoms with Gasteiger partial charge >= 0.3 is 12.1 Å². The molecule has 2 N–H and O–H groups in total. The summed E-state index contributed by atoms with van der Waals surface area (Å²) in [7, 11) is 1.01. The Balaban J connectivity index is 2.66. The van der Waals surface area contributed by atoms with Gasteiger partial charge in [0.25, 0.3) is 11.6 Å². The van der Waals surface area contributed by atoms with E-state index in [0.717, 1.165) is 18.1 Å².